The molecule has 0 radical (unpaired) electrons. The van der Waals surface area contributed by atoms with Gasteiger partial charge in [-0.15, -0.1) is 0 Å². The number of aliphatic hydroxyl groups excluding tert-OH is 3. The van der Waals surface area contributed by atoms with Gasteiger partial charge in [-0.05, 0) is 33.6 Å². The van der Waals surface area contributed by atoms with Crippen LogP contribution in [0.25, 0.3) is 0 Å². The summed E-state index contributed by atoms with van der Waals surface area (Å²) in [6, 6.07) is 0. The van der Waals surface area contributed by atoms with Crippen LogP contribution in [-0.2, 0) is 0 Å². The van der Waals surface area contributed by atoms with Crippen molar-refractivity contribution in [1.29, 1.82) is 0 Å². The van der Waals surface area contributed by atoms with Crippen molar-refractivity contribution in [3.8, 4) is 0 Å². The quantitative estimate of drug-likeness (QED) is 0.522. The lowest BCUT2D eigenvalue weighted by molar-refractivity contribution is -0.0853. The van der Waals surface area contributed by atoms with Crippen LogP contribution < -0.4 is 0 Å². The average Bonchev–Trinajstić information content (AvgIpc) is 1.95. The molecule has 0 aromatic heterocycles. The maximum Gasteiger partial charge on any atom is 0.106 e. The predicted molar refractivity (Wildman–Crippen MR) is 51.0 cm³/mol. The second kappa shape index (κ2) is 6.32. The summed E-state index contributed by atoms with van der Waals surface area (Å²) >= 11 is 0. The molecule has 0 saturated carbocycles. The minimum absolute atomic E-state index is 0.315. The molecular formula is C9H21NO3. The lowest BCUT2D eigenvalue weighted by atomic mass is 10.2. The second-order valence-electron chi connectivity index (χ2n) is 3.49. The molecule has 0 amide bonds. The topological polar surface area (TPSA) is 63.9 Å². The molecule has 0 heterocycles. The molecule has 0 aromatic rings. The standard InChI is InChI=1S/C9H21NO3/c1-7(11)5-4-6-10(8(2)12)9(3)13/h7-9,11-13H,4-6H2,1-3H3. The molecule has 0 spiro atoms. The van der Waals surface area contributed by atoms with Crippen molar-refractivity contribution < 1.29 is 15.3 Å². The Bertz CT molecular complexity index is 118. The summed E-state index contributed by atoms with van der Waals surface area (Å²) in [5.41, 5.74) is 0. The first kappa shape index (κ1) is 12.8. The van der Waals surface area contributed by atoms with E-state index in [1.54, 1.807) is 25.7 Å². The van der Waals surface area contributed by atoms with Crippen molar-refractivity contribution >= 4 is 0 Å². The molecule has 0 aliphatic heterocycles. The highest BCUT2D eigenvalue weighted by molar-refractivity contribution is 4.60. The van der Waals surface area contributed by atoms with E-state index in [0.717, 1.165) is 6.42 Å². The minimum Gasteiger partial charge on any atom is -0.393 e. The van der Waals surface area contributed by atoms with Gasteiger partial charge in [0.15, 0.2) is 0 Å². The fourth-order valence-corrected chi connectivity index (χ4v) is 1.26. The highest BCUT2D eigenvalue weighted by Gasteiger charge is 2.15. The maximum atomic E-state index is 9.25. The van der Waals surface area contributed by atoms with Gasteiger partial charge in [0, 0.05) is 6.54 Å². The number of hydrogen-bond donors (Lipinski definition) is 3. The summed E-state index contributed by atoms with van der Waals surface area (Å²) in [6.07, 6.45) is -0.142. The summed E-state index contributed by atoms with van der Waals surface area (Å²) in [5, 5.41) is 27.5. The predicted octanol–water partition coefficient (Wildman–Crippen LogP) is 0.126. The van der Waals surface area contributed by atoms with Gasteiger partial charge < -0.3 is 15.3 Å². The van der Waals surface area contributed by atoms with Gasteiger partial charge in [0.2, 0.25) is 0 Å². The van der Waals surface area contributed by atoms with E-state index < -0.39 is 12.5 Å². The summed E-state index contributed by atoms with van der Waals surface area (Å²) in [5.74, 6) is 0. The lowest BCUT2D eigenvalue weighted by Crippen LogP contribution is -2.40. The third kappa shape index (κ3) is 5.99. The lowest BCUT2D eigenvalue weighted by Gasteiger charge is -2.28. The SMILES string of the molecule is CC(O)CCCN(C(C)O)C(C)O. The summed E-state index contributed by atoms with van der Waals surface area (Å²) in [4.78, 5) is 1.57. The molecule has 0 rings (SSSR count). The first-order valence-corrected chi connectivity index (χ1v) is 4.75. The van der Waals surface area contributed by atoms with Gasteiger partial charge in [0.05, 0.1) is 6.10 Å². The Kier molecular flexibility index (Phi) is 6.24. The Morgan fingerprint density at radius 1 is 1.00 bits per heavy atom. The van der Waals surface area contributed by atoms with E-state index in [0.29, 0.717) is 13.0 Å². The fraction of sp³-hybridized carbons (Fsp3) is 1.00. The summed E-state index contributed by atoms with van der Waals surface area (Å²) in [7, 11) is 0. The minimum atomic E-state index is -0.644. The molecule has 13 heavy (non-hydrogen) atoms. The highest BCUT2D eigenvalue weighted by Crippen LogP contribution is 2.05. The monoisotopic (exact) mass is 191 g/mol. The molecule has 3 unspecified atom stereocenters. The molecule has 0 bridgehead atoms. The normalized spacial score (nSPS) is 18.7. The molecule has 4 nitrogen and oxygen atoms in total. The molecule has 3 atom stereocenters. The highest BCUT2D eigenvalue weighted by atomic mass is 16.3. The zero-order valence-corrected chi connectivity index (χ0v) is 8.64. The van der Waals surface area contributed by atoms with Crippen molar-refractivity contribution in [3.05, 3.63) is 0 Å². The summed E-state index contributed by atoms with van der Waals surface area (Å²) < 4.78 is 0. The zero-order chi connectivity index (χ0) is 10.4. The zero-order valence-electron chi connectivity index (χ0n) is 8.64. The van der Waals surface area contributed by atoms with Crippen LogP contribution in [0.5, 0.6) is 0 Å². The fourth-order valence-electron chi connectivity index (χ4n) is 1.26. The Hall–Kier alpha value is -0.160. The largest absolute Gasteiger partial charge is 0.393 e. The first-order valence-electron chi connectivity index (χ1n) is 4.75. The number of aliphatic hydroxyl groups is 3. The van der Waals surface area contributed by atoms with Crippen LogP contribution in [0, 0.1) is 0 Å². The average molecular weight is 191 g/mol. The molecule has 80 valence electrons. The molecule has 4 heteroatoms. The van der Waals surface area contributed by atoms with Crippen molar-refractivity contribution in [1.82, 2.24) is 4.90 Å². The Morgan fingerprint density at radius 3 is 1.77 bits per heavy atom. The van der Waals surface area contributed by atoms with Crippen molar-refractivity contribution in [2.45, 2.75) is 52.2 Å². The van der Waals surface area contributed by atoms with Gasteiger partial charge in [0.25, 0.3) is 0 Å². The summed E-state index contributed by atoms with van der Waals surface area (Å²) in [6.45, 7) is 5.57. The number of rotatable bonds is 6. The van der Waals surface area contributed by atoms with Crippen LogP contribution in [0.3, 0.4) is 0 Å². The van der Waals surface area contributed by atoms with E-state index in [9.17, 15) is 10.2 Å². The van der Waals surface area contributed by atoms with Crippen molar-refractivity contribution in [2.24, 2.45) is 0 Å². The van der Waals surface area contributed by atoms with Gasteiger partial charge in [-0.25, -0.2) is 0 Å². The molecule has 3 N–H and O–H groups in total. The van der Waals surface area contributed by atoms with Crippen molar-refractivity contribution in [2.75, 3.05) is 6.54 Å². The molecule has 0 aliphatic carbocycles. The Balaban J connectivity index is 3.70. The molecule has 0 fully saturated rings. The Labute approximate surface area is 79.8 Å². The van der Waals surface area contributed by atoms with Crippen LogP contribution in [0.4, 0.5) is 0 Å². The molecule has 0 aliphatic rings. The second-order valence-corrected chi connectivity index (χ2v) is 3.49. The van der Waals surface area contributed by atoms with Gasteiger partial charge in [-0.1, -0.05) is 0 Å². The first-order chi connectivity index (χ1) is 5.95. The third-order valence-corrected chi connectivity index (χ3v) is 2.00. The van der Waals surface area contributed by atoms with Gasteiger partial charge in [-0.3, -0.25) is 4.90 Å². The van der Waals surface area contributed by atoms with Gasteiger partial charge >= 0.3 is 0 Å². The maximum absolute atomic E-state index is 9.25. The third-order valence-electron chi connectivity index (χ3n) is 2.00. The van der Waals surface area contributed by atoms with Crippen molar-refractivity contribution in [3.63, 3.8) is 0 Å². The van der Waals surface area contributed by atoms with E-state index in [4.69, 9.17) is 5.11 Å². The van der Waals surface area contributed by atoms with Crippen LogP contribution in [-0.4, -0.2) is 45.3 Å². The van der Waals surface area contributed by atoms with E-state index in [1.165, 1.54) is 0 Å². The van der Waals surface area contributed by atoms with E-state index >= 15 is 0 Å². The van der Waals surface area contributed by atoms with E-state index in [-0.39, 0.29) is 6.10 Å². The van der Waals surface area contributed by atoms with E-state index in [1.807, 2.05) is 0 Å². The van der Waals surface area contributed by atoms with E-state index in [2.05, 4.69) is 0 Å². The van der Waals surface area contributed by atoms with Gasteiger partial charge in [0.1, 0.15) is 12.5 Å². The molecular weight excluding hydrogens is 170 g/mol. The van der Waals surface area contributed by atoms with Crippen LogP contribution in [0.1, 0.15) is 33.6 Å². The number of hydrogen-bond acceptors (Lipinski definition) is 4. The number of nitrogens with zero attached hydrogens (tertiary/aromatic N) is 1. The van der Waals surface area contributed by atoms with Crippen LogP contribution in [0.2, 0.25) is 0 Å². The molecule has 0 aromatic carbocycles. The smallest absolute Gasteiger partial charge is 0.106 e. The van der Waals surface area contributed by atoms with Crippen LogP contribution in [0.15, 0.2) is 0 Å². The van der Waals surface area contributed by atoms with Gasteiger partial charge in [-0.2, -0.15) is 0 Å². The van der Waals surface area contributed by atoms with Crippen LogP contribution >= 0.6 is 0 Å². The molecule has 0 saturated heterocycles. The Morgan fingerprint density at radius 2 is 1.46 bits per heavy atom.